The zero-order valence-corrected chi connectivity index (χ0v) is 13.4. The number of aliphatic carboxylic acids is 1. The van der Waals surface area contributed by atoms with Crippen LogP contribution in [0.2, 0.25) is 0 Å². The first-order valence-electron chi connectivity index (χ1n) is 7.00. The van der Waals surface area contributed by atoms with Crippen LogP contribution in [0.5, 0.6) is 0 Å². The van der Waals surface area contributed by atoms with Gasteiger partial charge in [0.05, 0.1) is 19.1 Å². The van der Waals surface area contributed by atoms with Gasteiger partial charge >= 0.3 is 5.97 Å². The van der Waals surface area contributed by atoms with Gasteiger partial charge in [-0.25, -0.2) is 4.79 Å². The van der Waals surface area contributed by atoms with Crippen molar-refractivity contribution in [3.8, 4) is 0 Å². The Morgan fingerprint density at radius 3 is 2.92 bits per heavy atom. The highest BCUT2D eigenvalue weighted by molar-refractivity contribution is 8.00. The molecule has 1 fully saturated rings. The molecular weight excluding hydrogens is 338 g/mol. The molecule has 0 spiro atoms. The minimum Gasteiger partial charge on any atom is -0.498 e. The van der Waals surface area contributed by atoms with E-state index in [1.165, 1.54) is 25.1 Å². The van der Waals surface area contributed by atoms with Crippen LogP contribution in [0.3, 0.4) is 0 Å². The summed E-state index contributed by atoms with van der Waals surface area (Å²) in [7, 11) is 1.35. The van der Waals surface area contributed by atoms with Gasteiger partial charge in [0, 0.05) is 0 Å². The molecule has 0 bridgehead atoms. The Labute approximate surface area is 140 Å². The van der Waals surface area contributed by atoms with Crippen molar-refractivity contribution >= 4 is 29.5 Å². The Balaban J connectivity index is 1.73. The number of furan rings is 1. The number of amides is 2. The normalized spacial score (nSPS) is 24.1. The first-order valence-corrected chi connectivity index (χ1v) is 8.05. The number of carboxylic acids is 1. The highest BCUT2D eigenvalue weighted by Crippen LogP contribution is 2.40. The number of hydrogen-bond donors (Lipinski definition) is 3. The van der Waals surface area contributed by atoms with Crippen LogP contribution >= 0.6 is 11.8 Å². The van der Waals surface area contributed by atoms with Crippen molar-refractivity contribution in [1.29, 1.82) is 0 Å². The Hall–Kier alpha value is -2.46. The van der Waals surface area contributed by atoms with E-state index in [0.29, 0.717) is 5.75 Å². The van der Waals surface area contributed by atoms with E-state index in [4.69, 9.17) is 14.9 Å². The summed E-state index contributed by atoms with van der Waals surface area (Å²) >= 11 is 1.31. The summed E-state index contributed by atoms with van der Waals surface area (Å²) in [5.41, 5.74) is 5.59. The van der Waals surface area contributed by atoms with Crippen LogP contribution in [0.4, 0.5) is 0 Å². The number of hydrogen-bond acceptors (Lipinski definition) is 7. The van der Waals surface area contributed by atoms with Gasteiger partial charge < -0.3 is 25.3 Å². The monoisotopic (exact) mass is 353 g/mol. The third-order valence-corrected chi connectivity index (χ3v) is 5.07. The number of ether oxygens (including phenoxy) is 1. The summed E-state index contributed by atoms with van der Waals surface area (Å²) in [4.78, 5) is 37.0. The van der Waals surface area contributed by atoms with Crippen molar-refractivity contribution in [2.45, 2.75) is 17.5 Å². The molecule has 2 amide bonds. The van der Waals surface area contributed by atoms with Crippen molar-refractivity contribution in [1.82, 2.24) is 10.2 Å². The van der Waals surface area contributed by atoms with E-state index in [1.807, 2.05) is 0 Å². The number of nitrogens with two attached hydrogens (primary N) is 1. The molecule has 2 aliphatic heterocycles. The number of carbonyl (C=O) groups is 3. The first-order chi connectivity index (χ1) is 11.5. The smallest absolute Gasteiger partial charge is 0.356 e. The maximum Gasteiger partial charge on any atom is 0.356 e. The van der Waals surface area contributed by atoms with Crippen molar-refractivity contribution < 1.29 is 28.6 Å². The number of carbonyl (C=O) groups excluding carboxylic acids is 2. The number of methoxy groups -OCH3 is 1. The molecule has 1 aromatic heterocycles. The molecule has 1 unspecified atom stereocenters. The highest BCUT2D eigenvalue weighted by atomic mass is 32.2. The van der Waals surface area contributed by atoms with E-state index in [-0.39, 0.29) is 17.2 Å². The average Bonchev–Trinajstić information content (AvgIpc) is 3.11. The molecule has 2 aliphatic rings. The van der Waals surface area contributed by atoms with Crippen LogP contribution < -0.4 is 11.1 Å². The predicted molar refractivity (Wildman–Crippen MR) is 82.3 cm³/mol. The molecule has 3 rings (SSSR count). The SMILES string of the molecule is COC1=C(C(=O)O)N2C(=O)[C@@H](NC(=O)C(N)c3ccco3)[C@H]2SC1. The molecule has 0 radical (unpaired) electrons. The summed E-state index contributed by atoms with van der Waals surface area (Å²) in [5.74, 6) is -1.54. The number of nitrogens with zero attached hydrogens (tertiary/aromatic N) is 1. The number of fused-ring (bicyclic) bond motifs is 1. The second-order valence-corrected chi connectivity index (χ2v) is 6.28. The van der Waals surface area contributed by atoms with Gasteiger partial charge in [-0.3, -0.25) is 14.5 Å². The maximum atomic E-state index is 12.3. The van der Waals surface area contributed by atoms with Gasteiger partial charge in [-0.1, -0.05) is 0 Å². The molecule has 0 aromatic carbocycles. The second kappa shape index (κ2) is 6.21. The van der Waals surface area contributed by atoms with Gasteiger partial charge in [0.25, 0.3) is 5.91 Å². The van der Waals surface area contributed by atoms with E-state index in [9.17, 15) is 19.5 Å². The van der Waals surface area contributed by atoms with Gasteiger partial charge in [-0.05, 0) is 12.1 Å². The molecule has 3 atom stereocenters. The third-order valence-electron chi connectivity index (χ3n) is 3.81. The van der Waals surface area contributed by atoms with E-state index in [1.54, 1.807) is 12.1 Å². The molecule has 9 nitrogen and oxygen atoms in total. The lowest BCUT2D eigenvalue weighted by molar-refractivity contribution is -0.151. The quantitative estimate of drug-likeness (QED) is 0.610. The zero-order valence-electron chi connectivity index (χ0n) is 12.6. The highest BCUT2D eigenvalue weighted by Gasteiger charge is 2.55. The van der Waals surface area contributed by atoms with Crippen LogP contribution in [0, 0.1) is 0 Å². The number of rotatable bonds is 5. The van der Waals surface area contributed by atoms with Crippen LogP contribution in [0.1, 0.15) is 11.8 Å². The molecule has 1 aromatic rings. The van der Waals surface area contributed by atoms with E-state index < -0.39 is 35.2 Å². The van der Waals surface area contributed by atoms with Crippen molar-refractivity contribution in [3.63, 3.8) is 0 Å². The minimum absolute atomic E-state index is 0.188. The van der Waals surface area contributed by atoms with Crippen LogP contribution in [-0.4, -0.2) is 52.1 Å². The molecule has 128 valence electrons. The largest absolute Gasteiger partial charge is 0.498 e. The van der Waals surface area contributed by atoms with Gasteiger partial charge in [0.15, 0.2) is 5.70 Å². The fourth-order valence-electron chi connectivity index (χ4n) is 2.59. The first kappa shape index (κ1) is 16.4. The zero-order chi connectivity index (χ0) is 17.4. The topological polar surface area (TPSA) is 135 Å². The molecule has 1 saturated heterocycles. The van der Waals surface area contributed by atoms with Gasteiger partial charge in [-0.2, -0.15) is 0 Å². The minimum atomic E-state index is -1.25. The molecule has 10 heteroatoms. The van der Waals surface area contributed by atoms with Crippen molar-refractivity contribution in [2.24, 2.45) is 5.73 Å². The number of carboxylic acid groups (broad SMARTS) is 1. The van der Waals surface area contributed by atoms with Gasteiger partial charge in [-0.15, -0.1) is 11.8 Å². The van der Waals surface area contributed by atoms with Gasteiger partial charge in [0.2, 0.25) is 5.91 Å². The summed E-state index contributed by atoms with van der Waals surface area (Å²) < 4.78 is 10.1. The summed E-state index contributed by atoms with van der Waals surface area (Å²) in [6.45, 7) is 0. The molecule has 0 aliphatic carbocycles. The van der Waals surface area contributed by atoms with Crippen LogP contribution in [0.15, 0.2) is 34.3 Å². The van der Waals surface area contributed by atoms with Crippen molar-refractivity contribution in [3.05, 3.63) is 35.6 Å². The fourth-order valence-corrected chi connectivity index (χ4v) is 3.90. The Morgan fingerprint density at radius 2 is 2.33 bits per heavy atom. The molecule has 0 saturated carbocycles. The fraction of sp³-hybridized carbons (Fsp3) is 0.357. The number of nitrogens with one attached hydrogen (secondary N) is 1. The Bertz CT molecular complexity index is 716. The second-order valence-electron chi connectivity index (χ2n) is 5.17. The lowest BCUT2D eigenvalue weighted by Crippen LogP contribution is -2.71. The van der Waals surface area contributed by atoms with E-state index in [2.05, 4.69) is 5.32 Å². The summed E-state index contributed by atoms with van der Waals surface area (Å²) in [6, 6.07) is 1.28. The van der Waals surface area contributed by atoms with E-state index in [0.717, 1.165) is 4.90 Å². The van der Waals surface area contributed by atoms with Crippen LogP contribution in [-0.2, 0) is 19.1 Å². The van der Waals surface area contributed by atoms with Crippen molar-refractivity contribution in [2.75, 3.05) is 12.9 Å². The summed E-state index contributed by atoms with van der Waals surface area (Å²) in [5, 5.41) is 11.3. The Kier molecular flexibility index (Phi) is 4.24. The summed E-state index contributed by atoms with van der Waals surface area (Å²) in [6.07, 6.45) is 1.39. The predicted octanol–water partition coefficient (Wildman–Crippen LogP) is -0.378. The lowest BCUT2D eigenvalue weighted by atomic mass is 10.0. The molecule has 3 heterocycles. The molecule has 24 heavy (non-hydrogen) atoms. The van der Waals surface area contributed by atoms with E-state index >= 15 is 0 Å². The van der Waals surface area contributed by atoms with Gasteiger partial charge in [0.1, 0.15) is 29.0 Å². The third kappa shape index (κ3) is 2.53. The number of thioether (sulfide) groups is 1. The van der Waals surface area contributed by atoms with Crippen LogP contribution in [0.25, 0.3) is 0 Å². The average molecular weight is 353 g/mol. The Morgan fingerprint density at radius 1 is 1.58 bits per heavy atom. The lowest BCUT2D eigenvalue weighted by Gasteiger charge is -2.49. The molecular formula is C14H15N3O6S. The molecule has 4 N–H and O–H groups in total. The number of β-lactam (4-membered cyclic amide) rings is 1. The standard InChI is InChI=1S/C14H15N3O6S/c1-22-7-5-24-13-9(12(19)17(13)10(7)14(20)21)16-11(18)8(15)6-3-2-4-23-6/h2-4,8-9,13H,5,15H2,1H3,(H,16,18)(H,20,21)/t8?,9-,13-/m1/s1. The maximum absolute atomic E-state index is 12.3.